The molecule has 0 saturated carbocycles. The molecule has 3 rings (SSSR count). The Balaban J connectivity index is 1.90. The van der Waals surface area contributed by atoms with E-state index in [1.54, 1.807) is 6.07 Å². The molecule has 1 amide bonds. The molecule has 5 nitrogen and oxygen atoms in total. The summed E-state index contributed by atoms with van der Waals surface area (Å²) in [5, 5.41) is 6.74. The molecule has 0 fully saturated rings. The first-order valence-corrected chi connectivity index (χ1v) is 6.90. The van der Waals surface area contributed by atoms with E-state index in [1.807, 2.05) is 49.4 Å². The highest BCUT2D eigenvalue weighted by atomic mass is 16.5. The van der Waals surface area contributed by atoms with Gasteiger partial charge in [-0.1, -0.05) is 41.1 Å². The maximum Gasteiger partial charge on any atom is 0.258 e. The zero-order chi connectivity index (χ0) is 15.5. The van der Waals surface area contributed by atoms with Gasteiger partial charge in [0.1, 0.15) is 0 Å². The third kappa shape index (κ3) is 3.03. The summed E-state index contributed by atoms with van der Waals surface area (Å²) >= 11 is 0. The van der Waals surface area contributed by atoms with Crippen molar-refractivity contribution < 1.29 is 9.32 Å². The van der Waals surface area contributed by atoms with Crippen molar-refractivity contribution in [3.63, 3.8) is 0 Å². The lowest BCUT2D eigenvalue weighted by Crippen LogP contribution is -2.05. The number of benzene rings is 2. The average molecular weight is 293 g/mol. The molecule has 110 valence electrons. The maximum atomic E-state index is 11.1. The molecule has 0 aliphatic rings. The number of anilines is 1. The Kier molecular flexibility index (Phi) is 3.70. The first kappa shape index (κ1) is 14.0. The van der Waals surface area contributed by atoms with Crippen LogP contribution in [0.5, 0.6) is 0 Å². The molecule has 0 atom stereocenters. The van der Waals surface area contributed by atoms with Crippen LogP contribution in [-0.4, -0.2) is 16.0 Å². The summed E-state index contributed by atoms with van der Waals surface area (Å²) in [5.41, 5.74) is 3.53. The standard InChI is InChI=1S/C17H15N3O2/c1-11-6-8-13(9-7-11)16-19-17(22-20-16)14-4-3-5-15(10-14)18-12(2)21/h3-10H,1-2H3,(H,18,21). The Labute approximate surface area is 128 Å². The zero-order valence-corrected chi connectivity index (χ0v) is 12.3. The van der Waals surface area contributed by atoms with Gasteiger partial charge < -0.3 is 9.84 Å². The number of carbonyl (C=O) groups excluding carboxylic acids is 1. The number of nitrogens with zero attached hydrogens (tertiary/aromatic N) is 2. The second-order valence-electron chi connectivity index (χ2n) is 5.05. The minimum Gasteiger partial charge on any atom is -0.334 e. The quantitative estimate of drug-likeness (QED) is 0.800. The van der Waals surface area contributed by atoms with E-state index in [0.29, 0.717) is 17.4 Å². The van der Waals surface area contributed by atoms with Gasteiger partial charge in [0.25, 0.3) is 5.89 Å². The van der Waals surface area contributed by atoms with E-state index in [-0.39, 0.29) is 5.91 Å². The van der Waals surface area contributed by atoms with Crippen molar-refractivity contribution in [2.75, 3.05) is 5.32 Å². The molecule has 22 heavy (non-hydrogen) atoms. The molecule has 1 N–H and O–H groups in total. The molecule has 0 spiro atoms. The van der Waals surface area contributed by atoms with E-state index >= 15 is 0 Å². The molecule has 2 aromatic carbocycles. The molecular formula is C17H15N3O2. The molecule has 0 aliphatic carbocycles. The van der Waals surface area contributed by atoms with Crippen molar-refractivity contribution in [3.8, 4) is 22.8 Å². The highest BCUT2D eigenvalue weighted by Gasteiger charge is 2.11. The molecule has 0 aliphatic heterocycles. The number of rotatable bonds is 3. The fraction of sp³-hybridized carbons (Fsp3) is 0.118. The highest BCUT2D eigenvalue weighted by Crippen LogP contribution is 2.24. The van der Waals surface area contributed by atoms with Crippen molar-refractivity contribution in [2.24, 2.45) is 0 Å². The Morgan fingerprint density at radius 3 is 2.59 bits per heavy atom. The van der Waals surface area contributed by atoms with Crippen LogP contribution in [0.2, 0.25) is 0 Å². The van der Waals surface area contributed by atoms with E-state index in [4.69, 9.17) is 4.52 Å². The Bertz CT molecular complexity index is 807. The minimum absolute atomic E-state index is 0.122. The van der Waals surface area contributed by atoms with Crippen LogP contribution in [0.1, 0.15) is 12.5 Å². The SMILES string of the molecule is CC(=O)Nc1cccc(-c2nc(-c3ccc(C)cc3)no2)c1. The summed E-state index contributed by atoms with van der Waals surface area (Å²) < 4.78 is 5.32. The molecule has 0 unspecified atom stereocenters. The number of amides is 1. The molecule has 0 radical (unpaired) electrons. The predicted octanol–water partition coefficient (Wildman–Crippen LogP) is 3.67. The van der Waals surface area contributed by atoms with Crippen LogP contribution in [0.3, 0.4) is 0 Å². The van der Waals surface area contributed by atoms with Gasteiger partial charge in [-0.3, -0.25) is 4.79 Å². The van der Waals surface area contributed by atoms with Crippen molar-refractivity contribution in [1.29, 1.82) is 0 Å². The summed E-state index contributed by atoms with van der Waals surface area (Å²) in [6.07, 6.45) is 0. The van der Waals surface area contributed by atoms with E-state index in [0.717, 1.165) is 11.1 Å². The summed E-state index contributed by atoms with van der Waals surface area (Å²) in [7, 11) is 0. The van der Waals surface area contributed by atoms with Gasteiger partial charge in [-0.15, -0.1) is 0 Å². The van der Waals surface area contributed by atoms with Crippen LogP contribution in [0.15, 0.2) is 53.1 Å². The summed E-state index contributed by atoms with van der Waals surface area (Å²) in [6, 6.07) is 15.2. The van der Waals surface area contributed by atoms with Crippen molar-refractivity contribution >= 4 is 11.6 Å². The van der Waals surface area contributed by atoms with Gasteiger partial charge in [0.2, 0.25) is 11.7 Å². The number of nitrogens with one attached hydrogen (secondary N) is 1. The Hall–Kier alpha value is -2.95. The largest absolute Gasteiger partial charge is 0.334 e. The molecule has 0 saturated heterocycles. The summed E-state index contributed by atoms with van der Waals surface area (Å²) in [5.74, 6) is 0.839. The van der Waals surface area contributed by atoms with Gasteiger partial charge in [-0.25, -0.2) is 0 Å². The van der Waals surface area contributed by atoms with Crippen molar-refractivity contribution in [2.45, 2.75) is 13.8 Å². The molecule has 1 aromatic heterocycles. The topological polar surface area (TPSA) is 68.0 Å². The summed E-state index contributed by atoms with van der Waals surface area (Å²) in [6.45, 7) is 3.49. The van der Waals surface area contributed by atoms with Gasteiger partial charge in [0.15, 0.2) is 0 Å². The van der Waals surface area contributed by atoms with Crippen LogP contribution < -0.4 is 5.32 Å². The zero-order valence-electron chi connectivity index (χ0n) is 12.3. The van der Waals surface area contributed by atoms with E-state index in [2.05, 4.69) is 15.5 Å². The predicted molar refractivity (Wildman–Crippen MR) is 84.2 cm³/mol. The molecule has 3 aromatic rings. The second-order valence-corrected chi connectivity index (χ2v) is 5.05. The van der Waals surface area contributed by atoms with E-state index in [1.165, 1.54) is 12.5 Å². The first-order valence-electron chi connectivity index (χ1n) is 6.90. The third-order valence-corrected chi connectivity index (χ3v) is 3.17. The molecule has 1 heterocycles. The van der Waals surface area contributed by atoms with Gasteiger partial charge in [0, 0.05) is 23.7 Å². The molecule has 5 heteroatoms. The molecular weight excluding hydrogens is 278 g/mol. The van der Waals surface area contributed by atoms with Gasteiger partial charge in [0.05, 0.1) is 0 Å². The summed E-state index contributed by atoms with van der Waals surface area (Å²) in [4.78, 5) is 15.5. The van der Waals surface area contributed by atoms with Crippen LogP contribution >= 0.6 is 0 Å². The highest BCUT2D eigenvalue weighted by molar-refractivity contribution is 5.89. The first-order chi connectivity index (χ1) is 10.6. The fourth-order valence-electron chi connectivity index (χ4n) is 2.09. The Morgan fingerprint density at radius 2 is 1.86 bits per heavy atom. The van der Waals surface area contributed by atoms with Gasteiger partial charge in [-0.2, -0.15) is 4.98 Å². The van der Waals surface area contributed by atoms with E-state index in [9.17, 15) is 4.79 Å². The van der Waals surface area contributed by atoms with Crippen molar-refractivity contribution in [3.05, 3.63) is 54.1 Å². The Morgan fingerprint density at radius 1 is 1.09 bits per heavy atom. The van der Waals surface area contributed by atoms with Crippen LogP contribution in [0.4, 0.5) is 5.69 Å². The number of hydrogen-bond donors (Lipinski definition) is 1. The molecule has 0 bridgehead atoms. The smallest absolute Gasteiger partial charge is 0.258 e. The van der Waals surface area contributed by atoms with Crippen LogP contribution in [0, 0.1) is 6.92 Å². The average Bonchev–Trinajstić information content (AvgIpc) is 2.97. The van der Waals surface area contributed by atoms with E-state index < -0.39 is 0 Å². The monoisotopic (exact) mass is 293 g/mol. The fourth-order valence-corrected chi connectivity index (χ4v) is 2.09. The number of aromatic nitrogens is 2. The number of aryl methyl sites for hydroxylation is 1. The van der Waals surface area contributed by atoms with Gasteiger partial charge in [-0.05, 0) is 25.1 Å². The number of carbonyl (C=O) groups is 1. The third-order valence-electron chi connectivity index (χ3n) is 3.17. The van der Waals surface area contributed by atoms with Crippen LogP contribution in [0.25, 0.3) is 22.8 Å². The second kappa shape index (κ2) is 5.81. The maximum absolute atomic E-state index is 11.1. The lowest BCUT2D eigenvalue weighted by molar-refractivity contribution is -0.114. The minimum atomic E-state index is -0.122. The number of hydrogen-bond acceptors (Lipinski definition) is 4. The lowest BCUT2D eigenvalue weighted by atomic mass is 10.1. The van der Waals surface area contributed by atoms with Crippen LogP contribution in [-0.2, 0) is 4.79 Å². The normalized spacial score (nSPS) is 10.5. The van der Waals surface area contributed by atoms with Gasteiger partial charge >= 0.3 is 0 Å². The lowest BCUT2D eigenvalue weighted by Gasteiger charge is -2.02. The van der Waals surface area contributed by atoms with Crippen molar-refractivity contribution in [1.82, 2.24) is 10.1 Å².